The van der Waals surface area contributed by atoms with Gasteiger partial charge in [-0.3, -0.25) is 10.00 Å². The van der Waals surface area contributed by atoms with Gasteiger partial charge in [-0.2, -0.15) is 5.10 Å². The topological polar surface area (TPSA) is 41.1 Å². The Kier molecular flexibility index (Phi) is 3.92. The van der Waals surface area contributed by atoms with E-state index in [1.54, 1.807) is 0 Å². The second kappa shape index (κ2) is 5.83. The molecule has 1 N–H and O–H groups in total. The van der Waals surface area contributed by atoms with Crippen molar-refractivity contribution in [1.29, 1.82) is 0 Å². The highest BCUT2D eigenvalue weighted by atomic mass is 16.5. The Hall–Kier alpha value is -1.55. The van der Waals surface area contributed by atoms with E-state index in [4.69, 9.17) is 4.74 Å². The van der Waals surface area contributed by atoms with Crippen LogP contribution in [-0.4, -0.2) is 40.8 Å². The molecular formula is C16H23N3O. The summed E-state index contributed by atoms with van der Waals surface area (Å²) in [5.41, 5.74) is 2.26. The van der Waals surface area contributed by atoms with E-state index in [9.17, 15) is 0 Å². The van der Waals surface area contributed by atoms with Crippen LogP contribution in [0.4, 0.5) is 0 Å². The van der Waals surface area contributed by atoms with Crippen molar-refractivity contribution in [2.24, 2.45) is 0 Å². The van der Waals surface area contributed by atoms with Crippen molar-refractivity contribution in [2.75, 3.05) is 19.6 Å². The van der Waals surface area contributed by atoms with Crippen molar-refractivity contribution in [3.05, 3.63) is 23.9 Å². The van der Waals surface area contributed by atoms with Gasteiger partial charge in [0, 0.05) is 17.5 Å². The van der Waals surface area contributed by atoms with Crippen molar-refractivity contribution in [2.45, 2.75) is 39.2 Å². The molecule has 0 spiro atoms. The summed E-state index contributed by atoms with van der Waals surface area (Å²) in [5, 5.41) is 8.26. The minimum atomic E-state index is 0.318. The fourth-order valence-corrected chi connectivity index (χ4v) is 3.07. The van der Waals surface area contributed by atoms with Crippen LogP contribution in [0.5, 0.6) is 5.75 Å². The maximum Gasteiger partial charge on any atom is 0.123 e. The molecule has 0 aliphatic carbocycles. The molecule has 1 unspecified atom stereocenters. The van der Waals surface area contributed by atoms with E-state index in [0.29, 0.717) is 6.10 Å². The van der Waals surface area contributed by atoms with Gasteiger partial charge in [0.05, 0.1) is 11.7 Å². The first kappa shape index (κ1) is 13.4. The number of piperidine rings is 1. The van der Waals surface area contributed by atoms with E-state index >= 15 is 0 Å². The van der Waals surface area contributed by atoms with Gasteiger partial charge in [-0.25, -0.2) is 0 Å². The van der Waals surface area contributed by atoms with E-state index in [-0.39, 0.29) is 0 Å². The lowest BCUT2D eigenvalue weighted by Gasteiger charge is -2.33. The minimum absolute atomic E-state index is 0.318. The highest BCUT2D eigenvalue weighted by Gasteiger charge is 2.21. The maximum absolute atomic E-state index is 6.26. The zero-order valence-corrected chi connectivity index (χ0v) is 12.4. The smallest absolute Gasteiger partial charge is 0.123 e. The number of hydrogen-bond acceptors (Lipinski definition) is 3. The summed E-state index contributed by atoms with van der Waals surface area (Å²) in [6.07, 6.45) is 5.80. The molecule has 1 aliphatic heterocycles. The minimum Gasteiger partial charge on any atom is -0.489 e. The Morgan fingerprint density at radius 2 is 2.35 bits per heavy atom. The van der Waals surface area contributed by atoms with Crippen LogP contribution in [0.25, 0.3) is 10.9 Å². The second-order valence-electron chi connectivity index (χ2n) is 5.70. The Morgan fingerprint density at radius 1 is 1.45 bits per heavy atom. The van der Waals surface area contributed by atoms with Crippen LogP contribution in [0.2, 0.25) is 0 Å². The van der Waals surface area contributed by atoms with Gasteiger partial charge < -0.3 is 4.74 Å². The number of H-pyrrole nitrogens is 1. The molecule has 1 aromatic heterocycles. The van der Waals surface area contributed by atoms with Crippen LogP contribution < -0.4 is 4.74 Å². The van der Waals surface area contributed by atoms with Crippen LogP contribution in [0.1, 0.15) is 31.7 Å². The number of nitrogens with zero attached hydrogens (tertiary/aromatic N) is 2. The first-order valence-electron chi connectivity index (χ1n) is 7.59. The lowest BCUT2D eigenvalue weighted by molar-refractivity contribution is 0.0883. The summed E-state index contributed by atoms with van der Waals surface area (Å²) >= 11 is 0. The Balaban J connectivity index is 1.73. The largest absolute Gasteiger partial charge is 0.489 e. The summed E-state index contributed by atoms with van der Waals surface area (Å²) in [6, 6.07) is 4.12. The molecule has 1 fully saturated rings. The Morgan fingerprint density at radius 3 is 3.20 bits per heavy atom. The van der Waals surface area contributed by atoms with Gasteiger partial charge in [0.1, 0.15) is 11.9 Å². The number of aromatic nitrogens is 2. The SMILES string of the molecule is CCCN1CCCC(Oc2ccc3[nH]ncc3c2C)C1. The molecule has 1 saturated heterocycles. The number of benzene rings is 1. The molecule has 2 heterocycles. The molecule has 2 aromatic rings. The second-order valence-corrected chi connectivity index (χ2v) is 5.70. The van der Waals surface area contributed by atoms with Crippen molar-refractivity contribution in [3.63, 3.8) is 0 Å². The van der Waals surface area contributed by atoms with Gasteiger partial charge in [-0.1, -0.05) is 6.92 Å². The highest BCUT2D eigenvalue weighted by Crippen LogP contribution is 2.28. The first-order chi connectivity index (χ1) is 9.78. The first-order valence-corrected chi connectivity index (χ1v) is 7.59. The fourth-order valence-electron chi connectivity index (χ4n) is 3.07. The molecule has 1 aromatic carbocycles. The fraction of sp³-hybridized carbons (Fsp3) is 0.562. The number of nitrogens with one attached hydrogen (secondary N) is 1. The number of aromatic amines is 1. The summed E-state index contributed by atoms with van der Waals surface area (Å²) in [5.74, 6) is 1.00. The van der Waals surface area contributed by atoms with Crippen molar-refractivity contribution >= 4 is 10.9 Å². The number of fused-ring (bicyclic) bond motifs is 1. The molecule has 3 rings (SSSR count). The quantitative estimate of drug-likeness (QED) is 0.930. The standard InChI is InChI=1S/C16H23N3O/c1-3-8-19-9-4-5-13(11-19)20-16-7-6-15-14(12(16)2)10-17-18-15/h6-7,10,13H,3-5,8-9,11H2,1-2H3,(H,17,18). The van der Waals surface area contributed by atoms with Crippen molar-refractivity contribution in [3.8, 4) is 5.75 Å². The number of ether oxygens (including phenoxy) is 1. The number of likely N-dealkylation sites (tertiary alicyclic amines) is 1. The van der Waals surface area contributed by atoms with E-state index in [2.05, 4.69) is 41.1 Å². The summed E-state index contributed by atoms with van der Waals surface area (Å²) in [4.78, 5) is 2.51. The average molecular weight is 273 g/mol. The number of aryl methyl sites for hydroxylation is 1. The monoisotopic (exact) mass is 273 g/mol. The van der Waals surface area contributed by atoms with E-state index in [0.717, 1.165) is 29.6 Å². The van der Waals surface area contributed by atoms with Crippen molar-refractivity contribution in [1.82, 2.24) is 15.1 Å². The zero-order valence-electron chi connectivity index (χ0n) is 12.4. The molecule has 108 valence electrons. The molecule has 0 radical (unpaired) electrons. The third-order valence-electron chi connectivity index (χ3n) is 4.14. The molecule has 1 atom stereocenters. The molecule has 0 bridgehead atoms. The normalized spacial score (nSPS) is 20.4. The van der Waals surface area contributed by atoms with E-state index in [1.807, 2.05) is 6.20 Å². The van der Waals surface area contributed by atoms with Gasteiger partial charge in [0.25, 0.3) is 0 Å². The summed E-state index contributed by atoms with van der Waals surface area (Å²) in [6.45, 7) is 7.80. The Bertz CT molecular complexity index is 576. The molecule has 4 nitrogen and oxygen atoms in total. The van der Waals surface area contributed by atoms with E-state index in [1.165, 1.54) is 31.5 Å². The molecule has 1 aliphatic rings. The van der Waals surface area contributed by atoms with Gasteiger partial charge >= 0.3 is 0 Å². The predicted octanol–water partition coefficient (Wildman–Crippen LogP) is 3.12. The third-order valence-corrected chi connectivity index (χ3v) is 4.14. The molecule has 0 amide bonds. The van der Waals surface area contributed by atoms with Crippen LogP contribution in [0.3, 0.4) is 0 Å². The summed E-state index contributed by atoms with van der Waals surface area (Å²) in [7, 11) is 0. The molecule has 20 heavy (non-hydrogen) atoms. The molecular weight excluding hydrogens is 250 g/mol. The van der Waals surface area contributed by atoms with Crippen LogP contribution >= 0.6 is 0 Å². The highest BCUT2D eigenvalue weighted by molar-refractivity contribution is 5.83. The van der Waals surface area contributed by atoms with Gasteiger partial charge in [0.2, 0.25) is 0 Å². The number of hydrogen-bond donors (Lipinski definition) is 1. The zero-order chi connectivity index (χ0) is 13.9. The lowest BCUT2D eigenvalue weighted by atomic mass is 10.1. The maximum atomic E-state index is 6.26. The third kappa shape index (κ3) is 2.66. The molecule has 4 heteroatoms. The molecule has 0 saturated carbocycles. The van der Waals surface area contributed by atoms with Gasteiger partial charge in [-0.15, -0.1) is 0 Å². The average Bonchev–Trinajstić information content (AvgIpc) is 2.92. The summed E-state index contributed by atoms with van der Waals surface area (Å²) < 4.78 is 6.26. The predicted molar refractivity (Wildman–Crippen MR) is 81.2 cm³/mol. The van der Waals surface area contributed by atoms with Crippen molar-refractivity contribution < 1.29 is 4.74 Å². The van der Waals surface area contributed by atoms with Gasteiger partial charge in [0.15, 0.2) is 0 Å². The van der Waals surface area contributed by atoms with E-state index < -0.39 is 0 Å². The van der Waals surface area contributed by atoms with Gasteiger partial charge in [-0.05, 0) is 51.4 Å². The Labute approximate surface area is 120 Å². The van der Waals surface area contributed by atoms with Crippen LogP contribution in [-0.2, 0) is 0 Å². The van der Waals surface area contributed by atoms with Crippen LogP contribution in [0.15, 0.2) is 18.3 Å². The van der Waals surface area contributed by atoms with Crippen LogP contribution in [0, 0.1) is 6.92 Å². The lowest BCUT2D eigenvalue weighted by Crippen LogP contribution is -2.41. The number of rotatable bonds is 4.